The molecule has 0 spiro atoms. The Morgan fingerprint density at radius 1 is 0.750 bits per heavy atom. The van der Waals surface area contributed by atoms with Crippen molar-refractivity contribution < 1.29 is 18.9 Å². The third kappa shape index (κ3) is 4.99. The van der Waals surface area contributed by atoms with Gasteiger partial charge in [-0.3, -0.25) is 0 Å². The summed E-state index contributed by atoms with van der Waals surface area (Å²) in [7, 11) is 0. The molecule has 0 unspecified atom stereocenters. The maximum atomic E-state index is 5.83. The Morgan fingerprint density at radius 2 is 1.45 bits per heavy atom. The minimum absolute atomic E-state index is 0.0192. The van der Waals surface area contributed by atoms with Crippen molar-refractivity contribution in [2.24, 2.45) is 11.8 Å². The predicted molar refractivity (Wildman–Crippen MR) is 77.4 cm³/mol. The van der Waals surface area contributed by atoms with E-state index in [0.29, 0.717) is 19.1 Å². The van der Waals surface area contributed by atoms with Crippen molar-refractivity contribution in [2.45, 2.75) is 65.0 Å². The summed E-state index contributed by atoms with van der Waals surface area (Å²) < 4.78 is 23.2. The molecule has 2 saturated heterocycles. The van der Waals surface area contributed by atoms with E-state index in [-0.39, 0.29) is 18.5 Å². The van der Waals surface area contributed by atoms with Gasteiger partial charge in [0.1, 0.15) is 0 Å². The third-order valence-corrected chi connectivity index (χ3v) is 4.11. The van der Waals surface area contributed by atoms with E-state index in [2.05, 4.69) is 13.8 Å². The highest BCUT2D eigenvalue weighted by Gasteiger charge is 2.33. The third-order valence-electron chi connectivity index (χ3n) is 4.11. The fourth-order valence-electron chi connectivity index (χ4n) is 2.85. The second-order valence-corrected chi connectivity index (χ2v) is 6.04. The molecule has 2 fully saturated rings. The SMILES string of the molecule is CCCCCC1OCC(C2OCC(CCC)CO2)CO1. The fraction of sp³-hybridized carbons (Fsp3) is 1.00. The summed E-state index contributed by atoms with van der Waals surface area (Å²) in [6, 6.07) is 0. The van der Waals surface area contributed by atoms with Crippen LogP contribution in [0, 0.1) is 11.8 Å². The highest BCUT2D eigenvalue weighted by molar-refractivity contribution is 4.71. The Labute approximate surface area is 123 Å². The first-order valence-corrected chi connectivity index (χ1v) is 8.29. The van der Waals surface area contributed by atoms with E-state index in [1.807, 2.05) is 0 Å². The number of ether oxygens (including phenoxy) is 4. The molecule has 0 bridgehead atoms. The van der Waals surface area contributed by atoms with Crippen molar-refractivity contribution in [3.63, 3.8) is 0 Å². The largest absolute Gasteiger partial charge is 0.352 e. The van der Waals surface area contributed by atoms with Gasteiger partial charge in [0.05, 0.1) is 32.3 Å². The molecule has 20 heavy (non-hydrogen) atoms. The molecule has 2 rings (SSSR count). The van der Waals surface area contributed by atoms with E-state index in [4.69, 9.17) is 18.9 Å². The molecule has 2 aliphatic rings. The summed E-state index contributed by atoms with van der Waals surface area (Å²) >= 11 is 0. The molecule has 0 amide bonds. The first kappa shape index (κ1) is 16.2. The zero-order valence-corrected chi connectivity index (χ0v) is 13.0. The van der Waals surface area contributed by atoms with Gasteiger partial charge in [-0.05, 0) is 19.3 Å². The van der Waals surface area contributed by atoms with E-state index in [1.165, 1.54) is 32.1 Å². The van der Waals surface area contributed by atoms with Crippen LogP contribution in [-0.4, -0.2) is 39.0 Å². The molecule has 2 aliphatic heterocycles. The lowest BCUT2D eigenvalue weighted by Gasteiger charge is -2.37. The van der Waals surface area contributed by atoms with E-state index in [1.54, 1.807) is 0 Å². The van der Waals surface area contributed by atoms with Crippen LogP contribution in [0.15, 0.2) is 0 Å². The standard InChI is InChI=1S/C16H30O4/c1-3-5-6-8-15-17-11-14(12-18-15)16-19-9-13(7-4-2)10-20-16/h13-16H,3-12H2,1-2H3. The Morgan fingerprint density at radius 3 is 2.05 bits per heavy atom. The number of hydrogen-bond donors (Lipinski definition) is 0. The maximum absolute atomic E-state index is 5.83. The van der Waals surface area contributed by atoms with E-state index in [0.717, 1.165) is 19.6 Å². The fourth-order valence-corrected chi connectivity index (χ4v) is 2.85. The van der Waals surface area contributed by atoms with Gasteiger partial charge in [0, 0.05) is 5.92 Å². The Kier molecular flexibility index (Phi) is 7.28. The molecule has 4 heteroatoms. The van der Waals surface area contributed by atoms with Crippen molar-refractivity contribution in [2.75, 3.05) is 26.4 Å². The lowest BCUT2D eigenvalue weighted by Crippen LogP contribution is -2.44. The summed E-state index contributed by atoms with van der Waals surface area (Å²) in [5, 5.41) is 0. The lowest BCUT2D eigenvalue weighted by molar-refractivity contribution is -0.281. The van der Waals surface area contributed by atoms with Crippen molar-refractivity contribution in [1.82, 2.24) is 0 Å². The van der Waals surface area contributed by atoms with Crippen LogP contribution in [0.3, 0.4) is 0 Å². The zero-order valence-electron chi connectivity index (χ0n) is 13.0. The average molecular weight is 286 g/mol. The summed E-state index contributed by atoms with van der Waals surface area (Å²) in [4.78, 5) is 0. The van der Waals surface area contributed by atoms with Crippen LogP contribution >= 0.6 is 0 Å². The maximum Gasteiger partial charge on any atom is 0.164 e. The predicted octanol–water partition coefficient (Wildman–Crippen LogP) is 3.35. The van der Waals surface area contributed by atoms with E-state index >= 15 is 0 Å². The Hall–Kier alpha value is -0.160. The quantitative estimate of drug-likeness (QED) is 0.673. The summed E-state index contributed by atoms with van der Waals surface area (Å²) in [5.74, 6) is 0.781. The van der Waals surface area contributed by atoms with Gasteiger partial charge in [0.15, 0.2) is 12.6 Å². The number of hydrogen-bond acceptors (Lipinski definition) is 4. The number of rotatable bonds is 7. The molecule has 0 aliphatic carbocycles. The molecule has 0 N–H and O–H groups in total. The molecular formula is C16H30O4. The van der Waals surface area contributed by atoms with Crippen LogP contribution in [0.25, 0.3) is 0 Å². The minimum atomic E-state index is -0.139. The van der Waals surface area contributed by atoms with Crippen molar-refractivity contribution in [3.8, 4) is 0 Å². The Balaban J connectivity index is 1.62. The van der Waals surface area contributed by atoms with Gasteiger partial charge in [-0.15, -0.1) is 0 Å². The summed E-state index contributed by atoms with van der Waals surface area (Å²) in [5.41, 5.74) is 0. The van der Waals surface area contributed by atoms with Gasteiger partial charge in [-0.25, -0.2) is 0 Å². The first-order chi connectivity index (χ1) is 9.83. The first-order valence-electron chi connectivity index (χ1n) is 8.29. The van der Waals surface area contributed by atoms with Gasteiger partial charge >= 0.3 is 0 Å². The second-order valence-electron chi connectivity index (χ2n) is 6.04. The lowest BCUT2D eigenvalue weighted by atomic mass is 10.0. The molecule has 2 heterocycles. The highest BCUT2D eigenvalue weighted by atomic mass is 16.7. The average Bonchev–Trinajstić information content (AvgIpc) is 2.49. The molecule has 0 aromatic heterocycles. The van der Waals surface area contributed by atoms with Crippen LogP contribution in [-0.2, 0) is 18.9 Å². The summed E-state index contributed by atoms with van der Waals surface area (Å²) in [6.07, 6.45) is 6.89. The molecule has 0 aromatic carbocycles. The molecule has 0 radical (unpaired) electrons. The normalized spacial score (nSPS) is 35.1. The molecule has 0 atom stereocenters. The molecular weight excluding hydrogens is 256 g/mol. The van der Waals surface area contributed by atoms with E-state index < -0.39 is 0 Å². The summed E-state index contributed by atoms with van der Waals surface area (Å²) in [6.45, 7) is 7.43. The van der Waals surface area contributed by atoms with Crippen LogP contribution in [0.1, 0.15) is 52.4 Å². The highest BCUT2D eigenvalue weighted by Crippen LogP contribution is 2.25. The van der Waals surface area contributed by atoms with Crippen LogP contribution in [0.5, 0.6) is 0 Å². The van der Waals surface area contributed by atoms with Gasteiger partial charge in [-0.2, -0.15) is 0 Å². The molecule has 4 nitrogen and oxygen atoms in total. The zero-order chi connectivity index (χ0) is 14.2. The second kappa shape index (κ2) is 8.98. The minimum Gasteiger partial charge on any atom is -0.352 e. The van der Waals surface area contributed by atoms with Gasteiger partial charge in [0.25, 0.3) is 0 Å². The van der Waals surface area contributed by atoms with Crippen molar-refractivity contribution in [1.29, 1.82) is 0 Å². The van der Waals surface area contributed by atoms with Gasteiger partial charge in [0.2, 0.25) is 0 Å². The monoisotopic (exact) mass is 286 g/mol. The van der Waals surface area contributed by atoms with Crippen molar-refractivity contribution in [3.05, 3.63) is 0 Å². The van der Waals surface area contributed by atoms with Crippen LogP contribution < -0.4 is 0 Å². The van der Waals surface area contributed by atoms with E-state index in [9.17, 15) is 0 Å². The van der Waals surface area contributed by atoms with Crippen LogP contribution in [0.2, 0.25) is 0 Å². The topological polar surface area (TPSA) is 36.9 Å². The van der Waals surface area contributed by atoms with Crippen molar-refractivity contribution >= 4 is 0 Å². The van der Waals surface area contributed by atoms with Gasteiger partial charge < -0.3 is 18.9 Å². The Bertz CT molecular complexity index is 243. The van der Waals surface area contributed by atoms with Crippen LogP contribution in [0.4, 0.5) is 0 Å². The van der Waals surface area contributed by atoms with Gasteiger partial charge in [-0.1, -0.05) is 33.1 Å². The molecule has 0 saturated carbocycles. The smallest absolute Gasteiger partial charge is 0.164 e. The molecule has 0 aromatic rings. The number of unbranched alkanes of at least 4 members (excludes halogenated alkanes) is 2. The molecule has 118 valence electrons.